The van der Waals surface area contributed by atoms with Gasteiger partial charge in [0.2, 0.25) is 0 Å². The lowest BCUT2D eigenvalue weighted by Crippen LogP contribution is -2.48. The van der Waals surface area contributed by atoms with Crippen LogP contribution in [0.4, 0.5) is 0 Å². The molecule has 4 unspecified atom stereocenters. The first-order valence-electron chi connectivity index (χ1n) is 12.6. The van der Waals surface area contributed by atoms with Crippen LogP contribution in [0.3, 0.4) is 0 Å². The maximum Gasteiger partial charge on any atom is 0.256 e. The minimum Gasteiger partial charge on any atom is -0.347 e. The third-order valence-electron chi connectivity index (χ3n) is 8.30. The van der Waals surface area contributed by atoms with Gasteiger partial charge in [0.15, 0.2) is 0 Å². The van der Waals surface area contributed by atoms with Gasteiger partial charge in [0.25, 0.3) is 5.91 Å². The largest absolute Gasteiger partial charge is 0.347 e. The van der Waals surface area contributed by atoms with Crippen molar-refractivity contribution in [1.29, 1.82) is 0 Å². The average Bonchev–Trinajstić information content (AvgIpc) is 3.40. The second-order valence-corrected chi connectivity index (χ2v) is 10.5. The smallest absolute Gasteiger partial charge is 0.256 e. The Balaban J connectivity index is 1.28. The van der Waals surface area contributed by atoms with E-state index in [1.165, 1.54) is 49.8 Å². The Kier molecular flexibility index (Phi) is 5.27. The number of carbonyl (C=O) groups is 1. The molecule has 1 aromatic heterocycles. The zero-order chi connectivity index (χ0) is 20.8. The third kappa shape index (κ3) is 3.80. The van der Waals surface area contributed by atoms with Crippen molar-refractivity contribution < 1.29 is 4.79 Å². The minimum atomic E-state index is 0.318. The second kappa shape index (κ2) is 8.25. The van der Waals surface area contributed by atoms with Crippen LogP contribution < -0.4 is 10.9 Å². The van der Waals surface area contributed by atoms with Gasteiger partial charge in [-0.05, 0) is 87.7 Å². The fourth-order valence-electron chi connectivity index (χ4n) is 6.48. The monoisotopic (exact) mass is 420 g/mol. The van der Waals surface area contributed by atoms with E-state index in [2.05, 4.69) is 50.8 Å². The fraction of sp³-hybridized carbons (Fsp3) is 0.654. The average molecular weight is 421 g/mol. The molecule has 6 rings (SSSR count). The summed E-state index contributed by atoms with van der Waals surface area (Å²) in [7, 11) is 0. The maximum absolute atomic E-state index is 14.0. The molecule has 4 aliphatic carbocycles. The number of hydrazine groups is 1. The van der Waals surface area contributed by atoms with Crippen LogP contribution in [-0.2, 0) is 13.0 Å². The number of allylic oxidation sites excluding steroid dienone is 3. The number of hydrogen-bond donors (Lipinski definition) is 2. The Morgan fingerprint density at radius 2 is 1.97 bits per heavy atom. The second-order valence-electron chi connectivity index (χ2n) is 10.5. The van der Waals surface area contributed by atoms with Crippen LogP contribution in [0.5, 0.6) is 0 Å². The first-order valence-corrected chi connectivity index (χ1v) is 12.6. The Labute approximate surface area is 185 Å². The Morgan fingerprint density at radius 1 is 1.06 bits per heavy atom. The normalized spacial score (nSPS) is 32.0. The van der Waals surface area contributed by atoms with Crippen molar-refractivity contribution in [3.05, 3.63) is 41.2 Å². The molecule has 1 amide bonds. The lowest BCUT2D eigenvalue weighted by molar-refractivity contribution is 0.0570. The number of carbonyl (C=O) groups excluding carboxylic acids is 1. The number of nitrogens with one attached hydrogen (secondary N) is 2. The molecule has 0 spiro atoms. The van der Waals surface area contributed by atoms with E-state index in [1.54, 1.807) is 0 Å². The van der Waals surface area contributed by atoms with Crippen LogP contribution in [0.25, 0.3) is 6.08 Å². The van der Waals surface area contributed by atoms with Gasteiger partial charge in [-0.15, -0.1) is 0 Å². The molecule has 5 nitrogen and oxygen atoms in total. The highest BCUT2D eigenvalue weighted by atomic mass is 16.2. The van der Waals surface area contributed by atoms with E-state index in [9.17, 15) is 4.79 Å². The van der Waals surface area contributed by atoms with Gasteiger partial charge < -0.3 is 9.47 Å². The van der Waals surface area contributed by atoms with Crippen LogP contribution >= 0.6 is 0 Å². The molecule has 5 aliphatic rings. The summed E-state index contributed by atoms with van der Waals surface area (Å²) in [6.45, 7) is 2.08. The predicted molar refractivity (Wildman–Crippen MR) is 124 cm³/mol. The van der Waals surface area contributed by atoms with E-state index in [1.807, 2.05) is 0 Å². The van der Waals surface area contributed by atoms with Crippen molar-refractivity contribution in [3.63, 3.8) is 0 Å². The number of nitrogens with zero attached hydrogens (tertiary/aromatic N) is 2. The van der Waals surface area contributed by atoms with E-state index < -0.39 is 0 Å². The van der Waals surface area contributed by atoms with E-state index in [0.29, 0.717) is 35.9 Å². The first-order chi connectivity index (χ1) is 15.3. The number of amides is 1. The number of aromatic nitrogens is 1. The SMILES string of the molecule is O=C(c1cn(CC2CC=CCC2)c2c1CCC=C2)N(C1CC1)C1CCC2NNCC2C1. The predicted octanol–water partition coefficient (Wildman–Crippen LogP) is 4.05. The summed E-state index contributed by atoms with van der Waals surface area (Å²) < 4.78 is 2.41. The summed E-state index contributed by atoms with van der Waals surface area (Å²) in [6.07, 6.45) is 22.9. The number of rotatable bonds is 5. The molecule has 4 atom stereocenters. The van der Waals surface area contributed by atoms with Gasteiger partial charge in [-0.25, -0.2) is 0 Å². The molecular formula is C26H36N4O. The van der Waals surface area contributed by atoms with Gasteiger partial charge in [0.1, 0.15) is 0 Å². The van der Waals surface area contributed by atoms with Crippen molar-refractivity contribution in [2.75, 3.05) is 6.54 Å². The van der Waals surface area contributed by atoms with Crippen molar-refractivity contribution in [2.45, 2.75) is 88.9 Å². The van der Waals surface area contributed by atoms with Gasteiger partial charge in [-0.1, -0.05) is 18.2 Å². The van der Waals surface area contributed by atoms with Gasteiger partial charge in [-0.2, -0.15) is 0 Å². The minimum absolute atomic E-state index is 0.318. The highest BCUT2D eigenvalue weighted by molar-refractivity contribution is 5.97. The lowest BCUT2D eigenvalue weighted by Gasteiger charge is -2.39. The molecule has 0 bridgehead atoms. The molecular weight excluding hydrogens is 384 g/mol. The van der Waals surface area contributed by atoms with E-state index in [-0.39, 0.29) is 0 Å². The molecule has 166 valence electrons. The van der Waals surface area contributed by atoms with Crippen LogP contribution in [0.2, 0.25) is 0 Å². The number of hydrogen-bond acceptors (Lipinski definition) is 3. The Bertz CT molecular complexity index is 895. The molecule has 2 N–H and O–H groups in total. The summed E-state index contributed by atoms with van der Waals surface area (Å²) in [4.78, 5) is 16.4. The zero-order valence-electron chi connectivity index (χ0n) is 18.6. The van der Waals surface area contributed by atoms with Crippen molar-refractivity contribution in [3.8, 4) is 0 Å². The van der Waals surface area contributed by atoms with Gasteiger partial charge in [-0.3, -0.25) is 15.6 Å². The molecule has 1 aromatic rings. The molecule has 0 radical (unpaired) electrons. The number of fused-ring (bicyclic) bond motifs is 2. The Hall–Kier alpha value is -1.85. The molecule has 5 heteroatoms. The summed E-state index contributed by atoms with van der Waals surface area (Å²) >= 11 is 0. The highest BCUT2D eigenvalue weighted by Gasteiger charge is 2.43. The molecule has 31 heavy (non-hydrogen) atoms. The van der Waals surface area contributed by atoms with Crippen molar-refractivity contribution in [2.24, 2.45) is 11.8 Å². The van der Waals surface area contributed by atoms with E-state index in [0.717, 1.165) is 44.3 Å². The lowest BCUT2D eigenvalue weighted by atomic mass is 9.82. The van der Waals surface area contributed by atoms with Crippen molar-refractivity contribution in [1.82, 2.24) is 20.3 Å². The Morgan fingerprint density at radius 3 is 2.81 bits per heavy atom. The molecule has 2 saturated carbocycles. The summed E-state index contributed by atoms with van der Waals surface area (Å²) in [5, 5.41) is 0. The molecule has 1 saturated heterocycles. The topological polar surface area (TPSA) is 49.3 Å². The van der Waals surface area contributed by atoms with Gasteiger partial charge >= 0.3 is 0 Å². The molecule has 3 fully saturated rings. The van der Waals surface area contributed by atoms with Crippen LogP contribution in [0, 0.1) is 11.8 Å². The summed E-state index contributed by atoms with van der Waals surface area (Å²) in [5.74, 6) is 1.67. The standard InChI is InChI=1S/C26H36N4O/c31-26(30(20-10-11-20)21-12-13-24-19(14-21)15-27-28-24)23-17-29(16-18-6-2-1-3-7-18)25-9-5-4-8-22(23)25/h1-2,5,9,17-21,24,27-28H,3-4,6-8,10-16H2. The quantitative estimate of drug-likeness (QED) is 0.707. The van der Waals surface area contributed by atoms with Crippen LogP contribution in [0.15, 0.2) is 24.4 Å². The zero-order valence-corrected chi connectivity index (χ0v) is 18.6. The van der Waals surface area contributed by atoms with Gasteiger partial charge in [0, 0.05) is 43.1 Å². The molecule has 0 aromatic carbocycles. The van der Waals surface area contributed by atoms with E-state index >= 15 is 0 Å². The fourth-order valence-corrected chi connectivity index (χ4v) is 6.48. The van der Waals surface area contributed by atoms with Crippen LogP contribution in [-0.4, -0.2) is 40.0 Å². The molecule has 2 heterocycles. The molecule has 1 aliphatic heterocycles. The van der Waals surface area contributed by atoms with E-state index in [4.69, 9.17) is 0 Å². The van der Waals surface area contributed by atoms with Crippen molar-refractivity contribution >= 4 is 12.0 Å². The summed E-state index contributed by atoms with van der Waals surface area (Å²) in [5.41, 5.74) is 10.4. The summed E-state index contributed by atoms with van der Waals surface area (Å²) in [6, 6.07) is 1.47. The first kappa shape index (κ1) is 19.8. The third-order valence-corrected chi connectivity index (χ3v) is 8.30. The van der Waals surface area contributed by atoms with Crippen LogP contribution in [0.1, 0.15) is 79.4 Å². The van der Waals surface area contributed by atoms with Gasteiger partial charge in [0.05, 0.1) is 5.56 Å². The maximum atomic E-state index is 14.0. The highest BCUT2D eigenvalue weighted by Crippen LogP contribution is 2.39.